The number of hydrogen-bond donors (Lipinski definition) is 0. The van der Waals surface area contributed by atoms with E-state index >= 15 is 0 Å². The summed E-state index contributed by atoms with van der Waals surface area (Å²) in [5, 5.41) is 19.1. The first-order valence-corrected chi connectivity index (χ1v) is 11.5. The van der Waals surface area contributed by atoms with E-state index < -0.39 is 0 Å². The third-order valence-corrected chi connectivity index (χ3v) is 5.76. The minimum atomic E-state index is 0.0188. The van der Waals surface area contributed by atoms with Gasteiger partial charge in [-0.15, -0.1) is 0 Å². The Labute approximate surface area is 194 Å². The Morgan fingerprint density at radius 3 is 2.09 bits per heavy atom. The molecule has 6 nitrogen and oxygen atoms in total. The number of hydrogen-bond acceptors (Lipinski definition) is 5. The van der Waals surface area contributed by atoms with Crippen LogP contribution in [0.4, 0.5) is 0 Å². The minimum absolute atomic E-state index is 0.0188. The Morgan fingerprint density at radius 1 is 0.727 bits per heavy atom. The molecule has 0 spiro atoms. The van der Waals surface area contributed by atoms with E-state index in [0.717, 1.165) is 36.0 Å². The quantitative estimate of drug-likeness (QED) is 0.290. The Kier molecular flexibility index (Phi) is 7.07. The van der Waals surface area contributed by atoms with Gasteiger partial charge in [-0.3, -0.25) is 0 Å². The van der Waals surface area contributed by atoms with Gasteiger partial charge in [-0.1, -0.05) is 81.5 Å². The van der Waals surface area contributed by atoms with E-state index in [-0.39, 0.29) is 11.4 Å². The van der Waals surface area contributed by atoms with E-state index in [1.54, 1.807) is 0 Å². The van der Waals surface area contributed by atoms with Gasteiger partial charge in [0.25, 0.3) is 0 Å². The fraction of sp³-hybridized carbons (Fsp3) is 0.296. The van der Waals surface area contributed by atoms with Crippen molar-refractivity contribution >= 4 is 11.0 Å². The normalized spacial score (nSPS) is 10.8. The van der Waals surface area contributed by atoms with Gasteiger partial charge >= 0.3 is 0 Å². The van der Waals surface area contributed by atoms with Crippen molar-refractivity contribution in [3.05, 3.63) is 66.0 Å². The summed E-state index contributed by atoms with van der Waals surface area (Å²) in [6, 6.07) is 21.7. The summed E-state index contributed by atoms with van der Waals surface area (Å²) in [5.41, 5.74) is 3.87. The Hall–Kier alpha value is -4.03. The number of aryl methyl sites for hydroxylation is 1. The van der Waals surface area contributed by atoms with Crippen molar-refractivity contribution in [3.63, 3.8) is 0 Å². The molecule has 2 heterocycles. The zero-order chi connectivity index (χ0) is 23.0. The summed E-state index contributed by atoms with van der Waals surface area (Å²) in [6.07, 6.45) is 7.18. The highest BCUT2D eigenvalue weighted by Crippen LogP contribution is 2.32. The molecule has 0 bridgehead atoms. The van der Waals surface area contributed by atoms with Crippen LogP contribution in [-0.4, -0.2) is 19.5 Å². The van der Waals surface area contributed by atoms with Gasteiger partial charge < -0.3 is 4.57 Å². The zero-order valence-corrected chi connectivity index (χ0v) is 18.8. The molecule has 0 saturated carbocycles. The van der Waals surface area contributed by atoms with E-state index in [1.165, 1.54) is 25.7 Å². The average molecular weight is 435 g/mol. The molecule has 6 heteroatoms. The van der Waals surface area contributed by atoms with Crippen LogP contribution in [0, 0.1) is 22.7 Å². The van der Waals surface area contributed by atoms with Crippen molar-refractivity contribution in [2.45, 2.75) is 52.0 Å². The van der Waals surface area contributed by atoms with E-state index in [0.29, 0.717) is 17.2 Å². The molecule has 4 rings (SSSR count). The molecule has 0 N–H and O–H groups in total. The van der Waals surface area contributed by atoms with E-state index in [2.05, 4.69) is 27.5 Å². The van der Waals surface area contributed by atoms with Crippen molar-refractivity contribution in [3.8, 4) is 34.9 Å². The van der Waals surface area contributed by atoms with Crippen molar-refractivity contribution in [2.24, 2.45) is 0 Å². The number of imidazole rings is 1. The summed E-state index contributed by atoms with van der Waals surface area (Å²) in [4.78, 5) is 14.1. The molecule has 164 valence electrons. The molecule has 0 unspecified atom stereocenters. The first-order chi connectivity index (χ1) is 16.3. The van der Waals surface area contributed by atoms with Crippen LogP contribution in [0.3, 0.4) is 0 Å². The molecular formula is C27H26N6. The topological polar surface area (TPSA) is 91.2 Å². The number of nitrogens with zero attached hydrogens (tertiary/aromatic N) is 6. The molecule has 0 aliphatic heterocycles. The molecule has 33 heavy (non-hydrogen) atoms. The molecule has 0 amide bonds. The van der Waals surface area contributed by atoms with Gasteiger partial charge in [-0.25, -0.2) is 15.0 Å². The van der Waals surface area contributed by atoms with E-state index in [1.807, 2.05) is 60.7 Å². The number of benzene rings is 2. The van der Waals surface area contributed by atoms with Crippen LogP contribution in [-0.2, 0) is 6.54 Å². The molecule has 0 aliphatic carbocycles. The predicted molar refractivity (Wildman–Crippen MR) is 129 cm³/mol. The molecule has 0 aliphatic rings. The lowest BCUT2D eigenvalue weighted by molar-refractivity contribution is 0.566. The third kappa shape index (κ3) is 4.76. The molecular weight excluding hydrogens is 408 g/mol. The van der Waals surface area contributed by atoms with Crippen LogP contribution in [0.15, 0.2) is 54.6 Å². The molecule has 2 aromatic heterocycles. The maximum absolute atomic E-state index is 9.60. The zero-order valence-electron chi connectivity index (χ0n) is 18.8. The second kappa shape index (κ2) is 10.5. The van der Waals surface area contributed by atoms with Crippen molar-refractivity contribution in [2.75, 3.05) is 0 Å². The highest BCUT2D eigenvalue weighted by Gasteiger charge is 2.22. The maximum atomic E-state index is 9.60. The van der Waals surface area contributed by atoms with Crippen LogP contribution < -0.4 is 0 Å². The van der Waals surface area contributed by atoms with Crippen molar-refractivity contribution < 1.29 is 0 Å². The summed E-state index contributed by atoms with van der Waals surface area (Å²) < 4.78 is 2.18. The van der Waals surface area contributed by atoms with Crippen LogP contribution in [0.1, 0.15) is 56.8 Å². The van der Waals surface area contributed by atoms with Crippen molar-refractivity contribution in [1.82, 2.24) is 19.5 Å². The van der Waals surface area contributed by atoms with Gasteiger partial charge in [0.15, 0.2) is 17.2 Å². The first-order valence-electron chi connectivity index (χ1n) is 11.5. The summed E-state index contributed by atoms with van der Waals surface area (Å²) in [5.74, 6) is 0.678. The predicted octanol–water partition coefficient (Wildman–Crippen LogP) is 6.26. The molecule has 0 radical (unpaired) electrons. The molecule has 0 saturated heterocycles. The molecule has 0 fully saturated rings. The monoisotopic (exact) mass is 434 g/mol. The number of rotatable bonds is 9. The van der Waals surface area contributed by atoms with Crippen LogP contribution in [0.2, 0.25) is 0 Å². The molecule has 4 aromatic rings. The lowest BCUT2D eigenvalue weighted by atomic mass is 10.1. The summed E-state index contributed by atoms with van der Waals surface area (Å²) >= 11 is 0. The highest BCUT2D eigenvalue weighted by molar-refractivity contribution is 5.84. The van der Waals surface area contributed by atoms with Crippen molar-refractivity contribution in [1.29, 1.82) is 10.5 Å². The lowest BCUT2D eigenvalue weighted by Crippen LogP contribution is -2.07. The SMILES string of the molecule is CCCCCCCCn1c(-c2nc(C#N)c(C#N)nc2-c2ccccc2)nc2ccccc21. The Morgan fingerprint density at radius 2 is 1.36 bits per heavy atom. The summed E-state index contributed by atoms with van der Waals surface area (Å²) in [7, 11) is 0. The number of nitriles is 2. The molecule has 0 atom stereocenters. The molecule has 2 aromatic carbocycles. The average Bonchev–Trinajstić information content (AvgIpc) is 3.24. The van der Waals surface area contributed by atoms with E-state index in [9.17, 15) is 10.5 Å². The number of fused-ring (bicyclic) bond motifs is 1. The fourth-order valence-corrected chi connectivity index (χ4v) is 4.08. The standard InChI is InChI=1S/C27H26N6/c1-2-3-4-5-6-12-17-33-24-16-11-10-15-21(24)32-27(33)26-25(20-13-8-7-9-14-20)30-22(18-28)23(19-29)31-26/h7-11,13-16H,2-6,12,17H2,1H3. The lowest BCUT2D eigenvalue weighted by Gasteiger charge is -2.13. The number of aromatic nitrogens is 4. The second-order valence-corrected chi connectivity index (χ2v) is 8.05. The second-order valence-electron chi connectivity index (χ2n) is 8.05. The smallest absolute Gasteiger partial charge is 0.177 e. The van der Waals surface area contributed by atoms with Gasteiger partial charge in [-0.2, -0.15) is 10.5 Å². The maximum Gasteiger partial charge on any atom is 0.177 e. The fourth-order valence-electron chi connectivity index (χ4n) is 4.08. The number of para-hydroxylation sites is 2. The van der Waals surface area contributed by atoms with Gasteiger partial charge in [-0.05, 0) is 18.6 Å². The Balaban J connectivity index is 1.83. The van der Waals surface area contributed by atoms with Gasteiger partial charge in [0.05, 0.1) is 11.0 Å². The highest BCUT2D eigenvalue weighted by atomic mass is 15.1. The van der Waals surface area contributed by atoms with Gasteiger partial charge in [0.1, 0.15) is 23.5 Å². The largest absolute Gasteiger partial charge is 0.323 e. The van der Waals surface area contributed by atoms with Crippen LogP contribution in [0.5, 0.6) is 0 Å². The summed E-state index contributed by atoms with van der Waals surface area (Å²) in [6.45, 7) is 3.03. The third-order valence-electron chi connectivity index (χ3n) is 5.76. The first kappa shape index (κ1) is 22.2. The minimum Gasteiger partial charge on any atom is -0.323 e. The van der Waals surface area contributed by atoms with Crippen LogP contribution in [0.25, 0.3) is 33.8 Å². The van der Waals surface area contributed by atoms with E-state index in [4.69, 9.17) is 4.98 Å². The number of unbranched alkanes of at least 4 members (excludes halogenated alkanes) is 5. The van der Waals surface area contributed by atoms with Gasteiger partial charge in [0, 0.05) is 12.1 Å². The Bertz CT molecular complexity index is 1320. The van der Waals surface area contributed by atoms with Crippen LogP contribution >= 0.6 is 0 Å². The van der Waals surface area contributed by atoms with Gasteiger partial charge in [0.2, 0.25) is 0 Å².